The molecule has 3 heteroatoms. The first-order valence-electron chi connectivity index (χ1n) is 6.05. The van der Waals surface area contributed by atoms with Crippen molar-refractivity contribution < 1.29 is 0 Å². The lowest BCUT2D eigenvalue weighted by molar-refractivity contribution is 0.729. The van der Waals surface area contributed by atoms with Crippen LogP contribution in [0.5, 0.6) is 0 Å². The lowest BCUT2D eigenvalue weighted by atomic mass is 9.94. The number of aryl methyl sites for hydroxylation is 3. The van der Waals surface area contributed by atoms with Crippen molar-refractivity contribution in [1.29, 1.82) is 0 Å². The molecule has 0 saturated carbocycles. The third-order valence-electron chi connectivity index (χ3n) is 3.22. The van der Waals surface area contributed by atoms with Gasteiger partial charge in [-0.05, 0) is 56.0 Å². The van der Waals surface area contributed by atoms with Gasteiger partial charge in [0.15, 0.2) is 0 Å². The van der Waals surface area contributed by atoms with E-state index >= 15 is 0 Å². The number of rotatable bonds is 3. The van der Waals surface area contributed by atoms with Crippen molar-refractivity contribution >= 4 is 22.9 Å². The Morgan fingerprint density at radius 3 is 2.28 bits per heavy atom. The van der Waals surface area contributed by atoms with E-state index in [0.29, 0.717) is 0 Å². The molecule has 1 atom stereocenters. The second-order valence-electron chi connectivity index (χ2n) is 4.83. The molecule has 0 fully saturated rings. The quantitative estimate of drug-likeness (QED) is 0.875. The Bertz CT molecular complexity index is 536. The van der Waals surface area contributed by atoms with E-state index in [2.05, 4.69) is 32.9 Å². The highest BCUT2D eigenvalue weighted by Gasteiger charge is 2.13. The van der Waals surface area contributed by atoms with Crippen molar-refractivity contribution in [2.45, 2.75) is 33.2 Å². The highest BCUT2D eigenvalue weighted by molar-refractivity contribution is 7.16. The molecular weight excluding hydrogens is 262 g/mol. The number of hydrogen-bond donors (Lipinski definition) is 1. The summed E-state index contributed by atoms with van der Waals surface area (Å²) >= 11 is 7.52. The number of thiophene rings is 1. The second kappa shape index (κ2) is 5.43. The molecule has 1 unspecified atom stereocenters. The maximum Gasteiger partial charge on any atom is 0.0931 e. The van der Waals surface area contributed by atoms with Crippen LogP contribution in [-0.4, -0.2) is 0 Å². The molecule has 96 valence electrons. The lowest BCUT2D eigenvalue weighted by Crippen LogP contribution is -2.13. The van der Waals surface area contributed by atoms with E-state index in [-0.39, 0.29) is 6.04 Å². The van der Waals surface area contributed by atoms with Crippen LogP contribution in [0.1, 0.15) is 33.2 Å². The molecule has 1 heterocycles. The van der Waals surface area contributed by atoms with Crippen LogP contribution in [0, 0.1) is 20.8 Å². The van der Waals surface area contributed by atoms with Crippen LogP contribution >= 0.6 is 22.9 Å². The van der Waals surface area contributed by atoms with Gasteiger partial charge >= 0.3 is 0 Å². The summed E-state index contributed by atoms with van der Waals surface area (Å²) in [6, 6.07) is 8.40. The van der Waals surface area contributed by atoms with Crippen molar-refractivity contribution in [3.63, 3.8) is 0 Å². The minimum atomic E-state index is 0.0302. The van der Waals surface area contributed by atoms with E-state index in [1.165, 1.54) is 22.3 Å². The molecular formula is C15H18ClNS. The van der Waals surface area contributed by atoms with E-state index in [4.69, 9.17) is 17.3 Å². The predicted molar refractivity (Wildman–Crippen MR) is 80.6 cm³/mol. The van der Waals surface area contributed by atoms with Crippen LogP contribution in [0.25, 0.3) is 0 Å². The number of nitrogens with two attached hydrogens (primary N) is 1. The van der Waals surface area contributed by atoms with Crippen LogP contribution in [0.2, 0.25) is 4.34 Å². The zero-order chi connectivity index (χ0) is 13.3. The first-order valence-corrected chi connectivity index (χ1v) is 7.24. The monoisotopic (exact) mass is 279 g/mol. The summed E-state index contributed by atoms with van der Waals surface area (Å²) < 4.78 is 0.804. The Balaban J connectivity index is 2.24. The molecule has 2 N–H and O–H groups in total. The van der Waals surface area contributed by atoms with Gasteiger partial charge in [-0.25, -0.2) is 0 Å². The Labute approximate surface area is 118 Å². The SMILES string of the molecule is Cc1cc(C)c(CC(N)c2ccc(Cl)s2)c(C)c1. The van der Waals surface area contributed by atoms with E-state index in [1.54, 1.807) is 11.3 Å². The summed E-state index contributed by atoms with van der Waals surface area (Å²) in [6.45, 7) is 6.44. The summed E-state index contributed by atoms with van der Waals surface area (Å²) in [6.07, 6.45) is 0.870. The zero-order valence-corrected chi connectivity index (χ0v) is 12.5. The first-order chi connectivity index (χ1) is 8.47. The molecule has 0 aliphatic heterocycles. The fourth-order valence-electron chi connectivity index (χ4n) is 2.38. The number of benzene rings is 1. The Morgan fingerprint density at radius 2 is 1.78 bits per heavy atom. The van der Waals surface area contributed by atoms with Crippen molar-refractivity contribution in [1.82, 2.24) is 0 Å². The van der Waals surface area contributed by atoms with Crippen LogP contribution in [-0.2, 0) is 6.42 Å². The average Bonchev–Trinajstić information content (AvgIpc) is 2.70. The van der Waals surface area contributed by atoms with Crippen LogP contribution in [0.15, 0.2) is 24.3 Å². The molecule has 0 saturated heterocycles. The molecule has 1 nitrogen and oxygen atoms in total. The summed E-state index contributed by atoms with van der Waals surface area (Å²) in [5.41, 5.74) is 11.6. The summed E-state index contributed by atoms with van der Waals surface area (Å²) in [7, 11) is 0. The minimum Gasteiger partial charge on any atom is -0.323 e. The molecule has 1 aromatic carbocycles. The normalized spacial score (nSPS) is 12.7. The standard InChI is InChI=1S/C15H18ClNS/c1-9-6-10(2)12(11(3)7-9)8-13(17)14-4-5-15(16)18-14/h4-7,13H,8,17H2,1-3H3. The summed E-state index contributed by atoms with van der Waals surface area (Å²) in [5.74, 6) is 0. The number of halogens is 1. The van der Waals surface area contributed by atoms with Crippen LogP contribution in [0.3, 0.4) is 0 Å². The predicted octanol–water partition coefficient (Wildman–Crippen LogP) is 4.57. The van der Waals surface area contributed by atoms with Crippen molar-refractivity contribution in [3.8, 4) is 0 Å². The largest absolute Gasteiger partial charge is 0.323 e. The molecule has 0 bridgehead atoms. The van der Waals surface area contributed by atoms with E-state index in [0.717, 1.165) is 15.6 Å². The van der Waals surface area contributed by atoms with Gasteiger partial charge in [0.25, 0.3) is 0 Å². The van der Waals surface area contributed by atoms with Gasteiger partial charge in [0.2, 0.25) is 0 Å². The number of hydrogen-bond acceptors (Lipinski definition) is 2. The fraction of sp³-hybridized carbons (Fsp3) is 0.333. The van der Waals surface area contributed by atoms with Crippen molar-refractivity contribution in [3.05, 3.63) is 55.7 Å². The highest BCUT2D eigenvalue weighted by Crippen LogP contribution is 2.29. The molecule has 2 aromatic rings. The Kier molecular flexibility index (Phi) is 4.10. The molecule has 0 spiro atoms. The molecule has 0 aliphatic carbocycles. The summed E-state index contributed by atoms with van der Waals surface area (Å²) in [4.78, 5) is 1.15. The molecule has 18 heavy (non-hydrogen) atoms. The van der Waals surface area contributed by atoms with Gasteiger partial charge < -0.3 is 5.73 Å². The van der Waals surface area contributed by atoms with Gasteiger partial charge in [0.05, 0.1) is 4.34 Å². The molecule has 0 radical (unpaired) electrons. The van der Waals surface area contributed by atoms with Crippen LogP contribution in [0.4, 0.5) is 0 Å². The fourth-order valence-corrected chi connectivity index (χ4v) is 3.44. The van der Waals surface area contributed by atoms with E-state index in [1.807, 2.05) is 12.1 Å². The van der Waals surface area contributed by atoms with E-state index in [9.17, 15) is 0 Å². The maximum atomic E-state index is 6.27. The summed E-state index contributed by atoms with van der Waals surface area (Å²) in [5, 5.41) is 0. The van der Waals surface area contributed by atoms with Gasteiger partial charge in [0.1, 0.15) is 0 Å². The molecule has 0 amide bonds. The van der Waals surface area contributed by atoms with Gasteiger partial charge in [-0.15, -0.1) is 11.3 Å². The smallest absolute Gasteiger partial charge is 0.0931 e. The third kappa shape index (κ3) is 2.94. The van der Waals surface area contributed by atoms with Crippen molar-refractivity contribution in [2.75, 3.05) is 0 Å². The topological polar surface area (TPSA) is 26.0 Å². The molecule has 1 aromatic heterocycles. The van der Waals surface area contributed by atoms with E-state index < -0.39 is 0 Å². The molecule has 2 rings (SSSR count). The third-order valence-corrected chi connectivity index (χ3v) is 4.59. The molecule has 0 aliphatic rings. The second-order valence-corrected chi connectivity index (χ2v) is 6.58. The van der Waals surface area contributed by atoms with Gasteiger partial charge in [-0.1, -0.05) is 29.3 Å². The van der Waals surface area contributed by atoms with Gasteiger partial charge in [-0.2, -0.15) is 0 Å². The van der Waals surface area contributed by atoms with Gasteiger partial charge in [0, 0.05) is 10.9 Å². The minimum absolute atomic E-state index is 0.0302. The average molecular weight is 280 g/mol. The van der Waals surface area contributed by atoms with Crippen molar-refractivity contribution in [2.24, 2.45) is 5.73 Å². The Hall–Kier alpha value is -0.830. The van der Waals surface area contributed by atoms with Crippen LogP contribution < -0.4 is 5.73 Å². The first kappa shape index (κ1) is 13.6. The highest BCUT2D eigenvalue weighted by atomic mass is 35.5. The lowest BCUT2D eigenvalue weighted by Gasteiger charge is -2.15. The maximum absolute atomic E-state index is 6.27. The zero-order valence-electron chi connectivity index (χ0n) is 11.0. The van der Waals surface area contributed by atoms with Gasteiger partial charge in [-0.3, -0.25) is 0 Å². The Morgan fingerprint density at radius 1 is 1.17 bits per heavy atom.